The molecule has 0 aliphatic rings. The van der Waals surface area contributed by atoms with Gasteiger partial charge in [-0.1, -0.05) is 42.5 Å². The van der Waals surface area contributed by atoms with Gasteiger partial charge in [0.1, 0.15) is 12.2 Å². The molecule has 0 spiro atoms. The smallest absolute Gasteiger partial charge is 0.296 e. The molecule has 0 unspecified atom stereocenters. The Morgan fingerprint density at radius 2 is 1.44 bits per heavy atom. The average Bonchev–Trinajstić information content (AvgIpc) is 3.41. The zero-order chi connectivity index (χ0) is 32.5. The summed E-state index contributed by atoms with van der Waals surface area (Å²) < 4.78 is 33.8. The van der Waals surface area contributed by atoms with E-state index in [0.717, 1.165) is 38.1 Å². The van der Waals surface area contributed by atoms with Gasteiger partial charge in [0.25, 0.3) is 21.5 Å². The Hall–Kier alpha value is -5.16. The Bertz CT molecular complexity index is 2050. The molecule has 0 bridgehead atoms. The first-order valence-electron chi connectivity index (χ1n) is 14.4. The molecule has 0 aliphatic heterocycles. The molecule has 5 rings (SSSR count). The normalized spacial score (nSPS) is 11.7. The number of para-hydroxylation sites is 1. The highest BCUT2D eigenvalue weighted by Gasteiger charge is 2.33. The first-order valence-corrected chi connectivity index (χ1v) is 15.9. The lowest BCUT2D eigenvalue weighted by atomic mass is 10.1. The molecule has 0 radical (unpaired) electrons. The summed E-state index contributed by atoms with van der Waals surface area (Å²) >= 11 is 0. The largest absolute Gasteiger partial charge is 0.318 e. The predicted molar refractivity (Wildman–Crippen MR) is 177 cm³/mol. The van der Waals surface area contributed by atoms with Gasteiger partial charge in [0.2, 0.25) is 0 Å². The van der Waals surface area contributed by atoms with Crippen LogP contribution in [0, 0.1) is 34.6 Å². The van der Waals surface area contributed by atoms with E-state index in [-0.39, 0.29) is 10.6 Å². The minimum absolute atomic E-state index is 0.0472. The summed E-state index contributed by atoms with van der Waals surface area (Å²) in [5, 5.41) is 4.15. The molecule has 232 valence electrons. The number of carbonyl (C=O) groups excluding carboxylic acids is 1. The van der Waals surface area contributed by atoms with Crippen LogP contribution in [0.5, 0.6) is 0 Å². The summed E-state index contributed by atoms with van der Waals surface area (Å²) in [7, 11) is -2.65. The summed E-state index contributed by atoms with van der Waals surface area (Å²) in [6.45, 7) is 9.06. The fraction of sp³-hybridized carbons (Fsp3) is 0.206. The Labute approximate surface area is 262 Å². The van der Waals surface area contributed by atoms with Crippen molar-refractivity contribution in [1.82, 2.24) is 19.4 Å². The van der Waals surface area contributed by atoms with Crippen LogP contribution in [0.3, 0.4) is 0 Å². The van der Waals surface area contributed by atoms with Crippen LogP contribution in [0.2, 0.25) is 0 Å². The van der Waals surface area contributed by atoms with Gasteiger partial charge in [-0.25, -0.2) is 22.8 Å². The Morgan fingerprint density at radius 3 is 2.07 bits per heavy atom. The molecule has 0 fully saturated rings. The molecule has 1 N–H and O–H groups in total. The molecular formula is C34H36N6O4S. The number of anilines is 1. The maximum atomic E-state index is 13.9. The van der Waals surface area contributed by atoms with Crippen molar-refractivity contribution in [2.24, 2.45) is 12.1 Å². The van der Waals surface area contributed by atoms with Crippen LogP contribution < -0.4 is 15.3 Å². The van der Waals surface area contributed by atoms with Crippen molar-refractivity contribution in [3.05, 3.63) is 129 Å². The third kappa shape index (κ3) is 6.12. The molecule has 45 heavy (non-hydrogen) atoms. The number of benzene rings is 3. The standard InChI is InChI=1S/C34H36N6O4S/c1-23-17-24(2)19-30(18-23)39-25(3)20-28(26(39)4)21-35-36-32(41)22-38(45(43,44)31-15-11-8-12-16-31)33-27(5)37(6)40(34(33)42)29-13-9-7-10-14-29/h7-21H,22H2,1-6H3,(H,36,41)/b35-21-. The second-order valence-corrected chi connectivity index (χ2v) is 12.9. The van der Waals surface area contributed by atoms with E-state index in [9.17, 15) is 18.0 Å². The number of nitrogens with one attached hydrogen (secondary N) is 1. The minimum Gasteiger partial charge on any atom is -0.318 e. The third-order valence-electron chi connectivity index (χ3n) is 7.72. The van der Waals surface area contributed by atoms with Crippen LogP contribution in [0.15, 0.2) is 99.7 Å². The van der Waals surface area contributed by atoms with Crippen LogP contribution in [-0.4, -0.2) is 41.0 Å². The summed E-state index contributed by atoms with van der Waals surface area (Å²) in [6, 6.07) is 24.9. The number of hydrogen-bond acceptors (Lipinski definition) is 5. The topological polar surface area (TPSA) is 111 Å². The van der Waals surface area contributed by atoms with Gasteiger partial charge in [0, 0.05) is 29.7 Å². The highest BCUT2D eigenvalue weighted by atomic mass is 32.2. The maximum Gasteiger partial charge on any atom is 0.296 e. The monoisotopic (exact) mass is 624 g/mol. The molecule has 0 saturated carbocycles. The molecule has 11 heteroatoms. The van der Waals surface area contributed by atoms with Crippen LogP contribution in [0.4, 0.5) is 5.69 Å². The minimum atomic E-state index is -4.31. The lowest BCUT2D eigenvalue weighted by molar-refractivity contribution is -0.119. The quantitative estimate of drug-likeness (QED) is 0.187. The number of aryl methyl sites for hydroxylation is 3. The van der Waals surface area contributed by atoms with Crippen molar-refractivity contribution < 1.29 is 13.2 Å². The summed E-state index contributed by atoms with van der Waals surface area (Å²) in [4.78, 5) is 27.0. The number of nitrogens with zero attached hydrogens (tertiary/aromatic N) is 5. The number of hydrogen-bond donors (Lipinski definition) is 1. The van der Waals surface area contributed by atoms with Gasteiger partial charge in [-0.3, -0.25) is 14.3 Å². The lowest BCUT2D eigenvalue weighted by Gasteiger charge is -2.22. The average molecular weight is 625 g/mol. The third-order valence-corrected chi connectivity index (χ3v) is 9.48. The van der Waals surface area contributed by atoms with Gasteiger partial charge >= 0.3 is 0 Å². The number of rotatable bonds is 9. The van der Waals surface area contributed by atoms with E-state index in [0.29, 0.717) is 11.4 Å². The Morgan fingerprint density at radius 1 is 0.844 bits per heavy atom. The molecule has 3 aromatic carbocycles. The predicted octanol–water partition coefficient (Wildman–Crippen LogP) is 4.85. The van der Waals surface area contributed by atoms with Crippen molar-refractivity contribution >= 4 is 27.8 Å². The molecule has 2 heterocycles. The van der Waals surface area contributed by atoms with Crippen LogP contribution >= 0.6 is 0 Å². The fourth-order valence-electron chi connectivity index (χ4n) is 5.58. The van der Waals surface area contributed by atoms with Gasteiger partial charge in [0.05, 0.1) is 22.5 Å². The Kier molecular flexibility index (Phi) is 8.65. The summed E-state index contributed by atoms with van der Waals surface area (Å²) in [5.74, 6) is -0.706. The molecule has 5 aromatic rings. The van der Waals surface area contributed by atoms with Gasteiger partial charge in [-0.05, 0) is 88.2 Å². The SMILES string of the molecule is Cc1cc(C)cc(-n2c(C)cc(/C=N\NC(=O)CN(c3c(C)n(C)n(-c4ccccc4)c3=O)S(=O)(=O)c3ccccc3)c2C)c1. The van der Waals surface area contributed by atoms with E-state index in [1.165, 1.54) is 23.0 Å². The number of amides is 1. The second kappa shape index (κ2) is 12.4. The van der Waals surface area contributed by atoms with Gasteiger partial charge < -0.3 is 4.57 Å². The van der Waals surface area contributed by atoms with Gasteiger partial charge in [0.15, 0.2) is 0 Å². The molecular weight excluding hydrogens is 588 g/mol. The molecule has 2 aromatic heterocycles. The van der Waals surface area contributed by atoms with E-state index < -0.39 is 28.0 Å². The number of carbonyl (C=O) groups is 1. The van der Waals surface area contributed by atoms with E-state index in [1.807, 2.05) is 26.0 Å². The fourth-order valence-corrected chi connectivity index (χ4v) is 7.07. The van der Waals surface area contributed by atoms with Crippen LogP contribution in [-0.2, 0) is 21.9 Å². The number of aromatic nitrogens is 3. The number of hydrazone groups is 1. The molecule has 1 amide bonds. The van der Waals surface area contributed by atoms with Crippen molar-refractivity contribution in [1.29, 1.82) is 0 Å². The first kappa shape index (κ1) is 31.3. The molecule has 0 saturated heterocycles. The lowest BCUT2D eigenvalue weighted by Crippen LogP contribution is -2.42. The molecule has 0 aliphatic carbocycles. The first-order chi connectivity index (χ1) is 21.4. The van der Waals surface area contributed by atoms with Gasteiger partial charge in [-0.15, -0.1) is 0 Å². The second-order valence-electron chi connectivity index (χ2n) is 11.0. The summed E-state index contributed by atoms with van der Waals surface area (Å²) in [6.07, 6.45) is 1.53. The number of sulfonamides is 1. The summed E-state index contributed by atoms with van der Waals surface area (Å²) in [5.41, 5.74) is 8.77. The van der Waals surface area contributed by atoms with E-state index >= 15 is 0 Å². The zero-order valence-corrected chi connectivity index (χ0v) is 27.0. The van der Waals surface area contributed by atoms with Crippen molar-refractivity contribution in [2.75, 3.05) is 10.8 Å². The molecule has 0 atom stereocenters. The molecule has 10 nitrogen and oxygen atoms in total. The highest BCUT2D eigenvalue weighted by molar-refractivity contribution is 7.92. The van der Waals surface area contributed by atoms with Crippen molar-refractivity contribution in [3.8, 4) is 11.4 Å². The maximum absolute atomic E-state index is 13.9. The van der Waals surface area contributed by atoms with E-state index in [4.69, 9.17) is 0 Å². The van der Waals surface area contributed by atoms with Gasteiger partial charge in [-0.2, -0.15) is 5.10 Å². The van der Waals surface area contributed by atoms with Crippen LogP contribution in [0.1, 0.15) is 33.8 Å². The van der Waals surface area contributed by atoms with E-state index in [1.54, 1.807) is 61.1 Å². The van der Waals surface area contributed by atoms with E-state index in [2.05, 4.69) is 47.1 Å². The Balaban J connectivity index is 1.47. The van der Waals surface area contributed by atoms with Crippen molar-refractivity contribution in [3.63, 3.8) is 0 Å². The van der Waals surface area contributed by atoms with Crippen LogP contribution in [0.25, 0.3) is 11.4 Å². The zero-order valence-electron chi connectivity index (χ0n) is 26.1. The van der Waals surface area contributed by atoms with Crippen molar-refractivity contribution in [2.45, 2.75) is 39.5 Å². The highest BCUT2D eigenvalue weighted by Crippen LogP contribution is 2.26.